The maximum atomic E-state index is 5.99. The fraction of sp³-hybridized carbons (Fsp3) is 0.529. The third-order valence-corrected chi connectivity index (χ3v) is 5.99. The highest BCUT2D eigenvalue weighted by Gasteiger charge is 2.22. The van der Waals surface area contributed by atoms with Gasteiger partial charge in [-0.3, -0.25) is 0 Å². The van der Waals surface area contributed by atoms with Crippen LogP contribution in [0.2, 0.25) is 0 Å². The summed E-state index contributed by atoms with van der Waals surface area (Å²) in [7, 11) is 0. The van der Waals surface area contributed by atoms with Gasteiger partial charge in [-0.1, -0.05) is 18.2 Å². The molecule has 1 aliphatic carbocycles. The van der Waals surface area contributed by atoms with E-state index < -0.39 is 0 Å². The molecule has 1 saturated carbocycles. The molecular formula is C17H24N2S. The van der Waals surface area contributed by atoms with Crippen molar-refractivity contribution in [1.29, 1.82) is 0 Å². The van der Waals surface area contributed by atoms with Gasteiger partial charge in [0.15, 0.2) is 0 Å². The van der Waals surface area contributed by atoms with E-state index in [0.717, 1.165) is 12.8 Å². The van der Waals surface area contributed by atoms with Crippen molar-refractivity contribution in [2.75, 3.05) is 0 Å². The fourth-order valence-corrected chi connectivity index (χ4v) is 4.54. The summed E-state index contributed by atoms with van der Waals surface area (Å²) in [5.74, 6) is 0. The highest BCUT2D eigenvalue weighted by Crippen LogP contribution is 2.35. The minimum atomic E-state index is 0.425. The topological polar surface area (TPSA) is 38.0 Å². The van der Waals surface area contributed by atoms with Crippen LogP contribution in [0.4, 0.5) is 0 Å². The average Bonchev–Trinajstić information content (AvgIpc) is 2.79. The van der Waals surface area contributed by atoms with Gasteiger partial charge in [-0.25, -0.2) is 0 Å². The first-order chi connectivity index (χ1) is 9.65. The average molecular weight is 288 g/mol. The molecule has 2 nitrogen and oxygen atoms in total. The van der Waals surface area contributed by atoms with Crippen LogP contribution >= 0.6 is 11.3 Å². The number of hydrogen-bond acceptors (Lipinski definition) is 3. The molecule has 1 unspecified atom stereocenters. The van der Waals surface area contributed by atoms with E-state index in [1.54, 1.807) is 0 Å². The van der Waals surface area contributed by atoms with Gasteiger partial charge in [-0.05, 0) is 56.5 Å². The Labute approximate surface area is 125 Å². The molecule has 0 spiro atoms. The first-order valence-corrected chi connectivity index (χ1v) is 8.46. The Kier molecular flexibility index (Phi) is 4.11. The van der Waals surface area contributed by atoms with E-state index in [2.05, 4.69) is 43.4 Å². The summed E-state index contributed by atoms with van der Waals surface area (Å²) in [5, 5.41) is 5.22. The highest BCUT2D eigenvalue weighted by atomic mass is 32.1. The Bertz CT molecular complexity index is 582. The minimum absolute atomic E-state index is 0.425. The van der Waals surface area contributed by atoms with E-state index >= 15 is 0 Å². The first kappa shape index (κ1) is 14.1. The van der Waals surface area contributed by atoms with Crippen molar-refractivity contribution in [3.05, 3.63) is 34.7 Å². The molecule has 1 aromatic carbocycles. The molecule has 108 valence electrons. The predicted octanol–water partition coefficient (Wildman–Crippen LogP) is 4.13. The predicted molar refractivity (Wildman–Crippen MR) is 88.3 cm³/mol. The Morgan fingerprint density at radius 3 is 2.60 bits per heavy atom. The second kappa shape index (κ2) is 5.84. The first-order valence-electron chi connectivity index (χ1n) is 7.65. The summed E-state index contributed by atoms with van der Waals surface area (Å²) in [6.45, 7) is 4.55. The van der Waals surface area contributed by atoms with Crippen molar-refractivity contribution in [2.45, 2.75) is 57.7 Å². The van der Waals surface area contributed by atoms with E-state index in [-0.39, 0.29) is 0 Å². The van der Waals surface area contributed by atoms with Crippen LogP contribution in [0, 0.1) is 6.92 Å². The van der Waals surface area contributed by atoms with Crippen LogP contribution in [0.3, 0.4) is 0 Å². The summed E-state index contributed by atoms with van der Waals surface area (Å²) in [6, 6.07) is 10.2. The van der Waals surface area contributed by atoms with Crippen LogP contribution < -0.4 is 11.1 Å². The van der Waals surface area contributed by atoms with Gasteiger partial charge < -0.3 is 11.1 Å². The number of nitrogens with one attached hydrogen (secondary N) is 1. The van der Waals surface area contributed by atoms with E-state index in [9.17, 15) is 0 Å². The van der Waals surface area contributed by atoms with Gasteiger partial charge in [-0.2, -0.15) is 0 Å². The van der Waals surface area contributed by atoms with Crippen LogP contribution in [0.5, 0.6) is 0 Å². The number of hydrogen-bond donors (Lipinski definition) is 2. The zero-order chi connectivity index (χ0) is 14.1. The lowest BCUT2D eigenvalue weighted by atomic mass is 9.91. The van der Waals surface area contributed by atoms with E-state index in [1.807, 2.05) is 11.3 Å². The van der Waals surface area contributed by atoms with Gasteiger partial charge in [0.25, 0.3) is 0 Å². The van der Waals surface area contributed by atoms with Crippen LogP contribution in [-0.2, 0) is 0 Å². The number of aryl methyl sites for hydroxylation is 1. The zero-order valence-electron chi connectivity index (χ0n) is 12.4. The molecule has 1 heterocycles. The van der Waals surface area contributed by atoms with Crippen LogP contribution in [0.25, 0.3) is 10.1 Å². The highest BCUT2D eigenvalue weighted by molar-refractivity contribution is 7.19. The summed E-state index contributed by atoms with van der Waals surface area (Å²) < 4.78 is 1.40. The Morgan fingerprint density at radius 1 is 1.20 bits per heavy atom. The summed E-state index contributed by atoms with van der Waals surface area (Å²) in [4.78, 5) is 1.49. The molecule has 0 saturated heterocycles. The van der Waals surface area contributed by atoms with Crippen LogP contribution in [-0.4, -0.2) is 12.1 Å². The summed E-state index contributed by atoms with van der Waals surface area (Å²) in [5.41, 5.74) is 7.43. The quantitative estimate of drug-likeness (QED) is 0.891. The lowest BCUT2D eigenvalue weighted by Crippen LogP contribution is -2.38. The lowest BCUT2D eigenvalue weighted by molar-refractivity contribution is 0.323. The van der Waals surface area contributed by atoms with Gasteiger partial charge >= 0.3 is 0 Å². The second-order valence-electron chi connectivity index (χ2n) is 6.09. The molecule has 1 aliphatic rings. The smallest absolute Gasteiger partial charge is 0.0391 e. The summed E-state index contributed by atoms with van der Waals surface area (Å²) >= 11 is 1.93. The van der Waals surface area contributed by atoms with Gasteiger partial charge in [0, 0.05) is 27.7 Å². The Morgan fingerprint density at radius 2 is 1.90 bits per heavy atom. The molecule has 1 fully saturated rings. The molecular weight excluding hydrogens is 264 g/mol. The third-order valence-electron chi connectivity index (χ3n) is 4.53. The van der Waals surface area contributed by atoms with Crippen molar-refractivity contribution in [1.82, 2.24) is 5.32 Å². The normalized spacial score (nSPS) is 24.9. The van der Waals surface area contributed by atoms with E-state index in [4.69, 9.17) is 5.73 Å². The zero-order valence-corrected chi connectivity index (χ0v) is 13.2. The molecule has 3 N–H and O–H groups in total. The number of nitrogens with two attached hydrogens (primary N) is 1. The van der Waals surface area contributed by atoms with Crippen molar-refractivity contribution in [2.24, 2.45) is 5.73 Å². The van der Waals surface area contributed by atoms with Crippen LogP contribution in [0.1, 0.15) is 49.1 Å². The van der Waals surface area contributed by atoms with Gasteiger partial charge in [-0.15, -0.1) is 11.3 Å². The summed E-state index contributed by atoms with van der Waals surface area (Å²) in [6.07, 6.45) is 4.76. The third kappa shape index (κ3) is 2.76. The molecule has 0 amide bonds. The number of rotatable bonds is 3. The fourth-order valence-electron chi connectivity index (χ4n) is 3.32. The minimum Gasteiger partial charge on any atom is -0.328 e. The SMILES string of the molecule is Cc1c(C(C)NC2CCC(N)CC2)sc2ccccc12. The second-order valence-corrected chi connectivity index (χ2v) is 7.17. The molecule has 1 aromatic heterocycles. The molecule has 3 heteroatoms. The Balaban J connectivity index is 1.75. The maximum absolute atomic E-state index is 5.99. The van der Waals surface area contributed by atoms with E-state index in [1.165, 1.54) is 33.4 Å². The number of thiophene rings is 1. The lowest BCUT2D eigenvalue weighted by Gasteiger charge is -2.29. The molecule has 20 heavy (non-hydrogen) atoms. The van der Waals surface area contributed by atoms with Crippen molar-refractivity contribution >= 4 is 21.4 Å². The molecule has 0 bridgehead atoms. The largest absolute Gasteiger partial charge is 0.328 e. The van der Waals surface area contributed by atoms with Crippen molar-refractivity contribution < 1.29 is 0 Å². The maximum Gasteiger partial charge on any atom is 0.0391 e. The van der Waals surface area contributed by atoms with Crippen LogP contribution in [0.15, 0.2) is 24.3 Å². The molecule has 1 atom stereocenters. The molecule has 0 aliphatic heterocycles. The van der Waals surface area contributed by atoms with Gasteiger partial charge in [0.1, 0.15) is 0 Å². The van der Waals surface area contributed by atoms with Crippen molar-refractivity contribution in [3.63, 3.8) is 0 Å². The molecule has 2 aromatic rings. The van der Waals surface area contributed by atoms with E-state index in [0.29, 0.717) is 18.1 Å². The monoisotopic (exact) mass is 288 g/mol. The molecule has 3 rings (SSSR count). The van der Waals surface area contributed by atoms with Gasteiger partial charge in [0.2, 0.25) is 0 Å². The molecule has 0 radical (unpaired) electrons. The number of benzene rings is 1. The Hall–Kier alpha value is -0.900. The standard InChI is InChI=1S/C17H24N2S/c1-11-15-5-3-4-6-16(15)20-17(11)12(2)19-14-9-7-13(18)8-10-14/h3-6,12-14,19H,7-10,18H2,1-2H3. The van der Waals surface area contributed by atoms with Crippen molar-refractivity contribution in [3.8, 4) is 0 Å². The number of fused-ring (bicyclic) bond motifs is 1. The van der Waals surface area contributed by atoms with Gasteiger partial charge in [0.05, 0.1) is 0 Å².